The molecule has 2 rings (SSSR count). The fraction of sp³-hybridized carbons (Fsp3) is 0.200. The van der Waals surface area contributed by atoms with Gasteiger partial charge in [-0.2, -0.15) is 0 Å². The Morgan fingerprint density at radius 3 is 2.52 bits per heavy atom. The number of nitrogens with zero attached hydrogens (tertiary/aromatic N) is 1. The molecule has 0 aromatic heterocycles. The van der Waals surface area contributed by atoms with Crippen LogP contribution in [0.25, 0.3) is 0 Å². The van der Waals surface area contributed by atoms with Crippen molar-refractivity contribution in [1.29, 1.82) is 0 Å². The van der Waals surface area contributed by atoms with Crippen LogP contribution in [-0.4, -0.2) is 25.9 Å². The molecule has 0 radical (unpaired) electrons. The molecular weight excluding hydrogens is 314 g/mol. The van der Waals surface area contributed by atoms with E-state index in [-0.39, 0.29) is 6.54 Å². The fourth-order valence-electron chi connectivity index (χ4n) is 2.29. The zero-order valence-electron chi connectivity index (χ0n) is 14.6. The summed E-state index contributed by atoms with van der Waals surface area (Å²) in [5.41, 5.74) is 4.21. The Morgan fingerprint density at radius 2 is 1.88 bits per heavy atom. The minimum absolute atomic E-state index is 0.288. The molecule has 128 valence electrons. The molecule has 0 aliphatic heterocycles. The van der Waals surface area contributed by atoms with Gasteiger partial charge >= 0.3 is 11.8 Å². The van der Waals surface area contributed by atoms with Crippen molar-refractivity contribution in [3.05, 3.63) is 59.2 Å². The van der Waals surface area contributed by atoms with Crippen molar-refractivity contribution in [1.82, 2.24) is 5.32 Å². The van der Waals surface area contributed by atoms with E-state index in [1.54, 1.807) is 24.3 Å². The highest BCUT2D eigenvalue weighted by Crippen LogP contribution is 2.17. The number of hydrogen-bond acceptors (Lipinski definition) is 3. The van der Waals surface area contributed by atoms with Gasteiger partial charge in [-0.15, -0.1) is 6.42 Å². The zero-order valence-corrected chi connectivity index (χ0v) is 14.6. The van der Waals surface area contributed by atoms with E-state index in [1.807, 2.05) is 44.1 Å². The molecule has 0 fully saturated rings. The molecule has 0 heterocycles. The number of rotatable bonds is 4. The molecule has 0 bridgehead atoms. The standard InChI is InChI=1S/C20H21N3O2/c1-5-15-7-6-8-17(12-15)22-20(25)19(24)21-13-16-9-10-18(23(3)4)11-14(16)2/h1,6-12H,13H2,2-4H3,(H,21,24)(H,22,25). The van der Waals surface area contributed by atoms with Crippen molar-refractivity contribution in [3.8, 4) is 12.3 Å². The first-order valence-corrected chi connectivity index (χ1v) is 7.83. The molecule has 0 saturated carbocycles. The monoisotopic (exact) mass is 335 g/mol. The van der Waals surface area contributed by atoms with E-state index in [4.69, 9.17) is 6.42 Å². The summed E-state index contributed by atoms with van der Waals surface area (Å²) in [5.74, 6) is 1.06. The summed E-state index contributed by atoms with van der Waals surface area (Å²) in [5, 5.41) is 5.17. The van der Waals surface area contributed by atoms with Crippen LogP contribution in [-0.2, 0) is 16.1 Å². The Balaban J connectivity index is 1.95. The molecule has 0 aliphatic rings. The first kappa shape index (κ1) is 18.1. The molecule has 2 aromatic carbocycles. The quantitative estimate of drug-likeness (QED) is 0.666. The maximum atomic E-state index is 12.0. The first-order chi connectivity index (χ1) is 11.9. The minimum atomic E-state index is -0.725. The van der Waals surface area contributed by atoms with Crippen LogP contribution in [0.15, 0.2) is 42.5 Å². The Morgan fingerprint density at radius 1 is 1.12 bits per heavy atom. The van der Waals surface area contributed by atoms with Crippen molar-refractivity contribution in [3.63, 3.8) is 0 Å². The van der Waals surface area contributed by atoms with Gasteiger partial charge in [0.25, 0.3) is 0 Å². The molecule has 2 N–H and O–H groups in total. The Hall–Kier alpha value is -3.26. The molecule has 0 aliphatic carbocycles. The van der Waals surface area contributed by atoms with Crippen LogP contribution < -0.4 is 15.5 Å². The van der Waals surface area contributed by atoms with Gasteiger partial charge in [0.2, 0.25) is 0 Å². The number of anilines is 2. The molecule has 0 saturated heterocycles. The van der Waals surface area contributed by atoms with Gasteiger partial charge < -0.3 is 15.5 Å². The maximum Gasteiger partial charge on any atom is 0.313 e. The van der Waals surface area contributed by atoms with Crippen LogP contribution in [0.3, 0.4) is 0 Å². The predicted molar refractivity (Wildman–Crippen MR) is 100 cm³/mol. The summed E-state index contributed by atoms with van der Waals surface area (Å²) in [6, 6.07) is 12.7. The van der Waals surface area contributed by atoms with E-state index in [0.29, 0.717) is 11.3 Å². The van der Waals surface area contributed by atoms with Crippen molar-refractivity contribution < 1.29 is 9.59 Å². The zero-order chi connectivity index (χ0) is 18.4. The summed E-state index contributed by atoms with van der Waals surface area (Å²) in [6.07, 6.45) is 5.32. The van der Waals surface area contributed by atoms with E-state index < -0.39 is 11.8 Å². The molecule has 0 spiro atoms. The average Bonchev–Trinajstić information content (AvgIpc) is 2.60. The highest BCUT2D eigenvalue weighted by atomic mass is 16.2. The van der Waals surface area contributed by atoms with Gasteiger partial charge in [-0.25, -0.2) is 0 Å². The molecule has 25 heavy (non-hydrogen) atoms. The third-order valence-electron chi connectivity index (χ3n) is 3.78. The van der Waals surface area contributed by atoms with Crippen LogP contribution in [0.1, 0.15) is 16.7 Å². The van der Waals surface area contributed by atoms with Crippen LogP contribution >= 0.6 is 0 Å². The number of benzene rings is 2. The highest BCUT2D eigenvalue weighted by molar-refractivity contribution is 6.39. The molecule has 2 amide bonds. The van der Waals surface area contributed by atoms with E-state index in [9.17, 15) is 9.59 Å². The number of hydrogen-bond donors (Lipinski definition) is 2. The number of nitrogens with one attached hydrogen (secondary N) is 2. The Bertz CT molecular complexity index is 835. The average molecular weight is 335 g/mol. The topological polar surface area (TPSA) is 61.4 Å². The second kappa shape index (κ2) is 8.02. The first-order valence-electron chi connectivity index (χ1n) is 7.83. The van der Waals surface area contributed by atoms with E-state index in [2.05, 4.69) is 16.6 Å². The number of amides is 2. The summed E-state index contributed by atoms with van der Waals surface area (Å²) in [4.78, 5) is 26.0. The number of aryl methyl sites for hydroxylation is 1. The van der Waals surface area contributed by atoms with Crippen LogP contribution in [0, 0.1) is 19.3 Å². The van der Waals surface area contributed by atoms with Crippen LogP contribution in [0.4, 0.5) is 11.4 Å². The number of carbonyl (C=O) groups is 2. The van der Waals surface area contributed by atoms with Gasteiger partial charge in [0, 0.05) is 37.6 Å². The van der Waals surface area contributed by atoms with Crippen LogP contribution in [0.2, 0.25) is 0 Å². The van der Waals surface area contributed by atoms with Gasteiger partial charge in [0.05, 0.1) is 0 Å². The van der Waals surface area contributed by atoms with Gasteiger partial charge in [0.1, 0.15) is 0 Å². The molecular formula is C20H21N3O2. The second-order valence-corrected chi connectivity index (χ2v) is 5.87. The van der Waals surface area contributed by atoms with Gasteiger partial charge in [-0.1, -0.05) is 18.1 Å². The Kier molecular flexibility index (Phi) is 5.80. The lowest BCUT2D eigenvalue weighted by Gasteiger charge is -2.15. The number of carbonyl (C=O) groups excluding carboxylic acids is 2. The third-order valence-corrected chi connectivity index (χ3v) is 3.78. The van der Waals surface area contributed by atoms with Crippen molar-refractivity contribution in [2.24, 2.45) is 0 Å². The predicted octanol–water partition coefficient (Wildman–Crippen LogP) is 2.30. The van der Waals surface area contributed by atoms with E-state index in [0.717, 1.165) is 16.8 Å². The largest absolute Gasteiger partial charge is 0.378 e. The minimum Gasteiger partial charge on any atom is -0.378 e. The third kappa shape index (κ3) is 4.85. The normalized spacial score (nSPS) is 9.84. The van der Waals surface area contributed by atoms with Gasteiger partial charge in [-0.05, 0) is 48.4 Å². The lowest BCUT2D eigenvalue weighted by atomic mass is 10.1. The molecule has 0 unspecified atom stereocenters. The summed E-state index contributed by atoms with van der Waals surface area (Å²) in [6.45, 7) is 2.26. The Labute approximate surface area is 148 Å². The molecule has 2 aromatic rings. The summed E-state index contributed by atoms with van der Waals surface area (Å²) >= 11 is 0. The maximum absolute atomic E-state index is 12.0. The van der Waals surface area contributed by atoms with Crippen LogP contribution in [0.5, 0.6) is 0 Å². The molecule has 5 heteroatoms. The van der Waals surface area contributed by atoms with E-state index in [1.165, 1.54) is 0 Å². The number of terminal acetylenes is 1. The second-order valence-electron chi connectivity index (χ2n) is 5.87. The smallest absolute Gasteiger partial charge is 0.313 e. The van der Waals surface area contributed by atoms with Crippen molar-refractivity contribution in [2.45, 2.75) is 13.5 Å². The lowest BCUT2D eigenvalue weighted by Crippen LogP contribution is -2.35. The molecule has 0 atom stereocenters. The summed E-state index contributed by atoms with van der Waals surface area (Å²) < 4.78 is 0. The fourth-order valence-corrected chi connectivity index (χ4v) is 2.29. The van der Waals surface area contributed by atoms with E-state index >= 15 is 0 Å². The van der Waals surface area contributed by atoms with Gasteiger partial charge in [-0.3, -0.25) is 9.59 Å². The van der Waals surface area contributed by atoms with Gasteiger partial charge in [0.15, 0.2) is 0 Å². The molecule has 5 nitrogen and oxygen atoms in total. The van der Waals surface area contributed by atoms with Crippen molar-refractivity contribution >= 4 is 23.2 Å². The lowest BCUT2D eigenvalue weighted by molar-refractivity contribution is -0.136. The summed E-state index contributed by atoms with van der Waals surface area (Å²) in [7, 11) is 3.94. The SMILES string of the molecule is C#Cc1cccc(NC(=O)C(=O)NCc2ccc(N(C)C)cc2C)c1. The highest BCUT2D eigenvalue weighted by Gasteiger charge is 2.14. The van der Waals surface area contributed by atoms with Crippen molar-refractivity contribution in [2.75, 3.05) is 24.3 Å².